The number of nitrogens with one attached hydrogen (secondary N) is 1. The van der Waals surface area contributed by atoms with Crippen molar-refractivity contribution >= 4 is 34.5 Å². The normalized spacial score (nSPS) is 13.5. The molecule has 2 heterocycles. The first-order valence-electron chi connectivity index (χ1n) is 9.08. The van der Waals surface area contributed by atoms with Crippen molar-refractivity contribution < 1.29 is 14.3 Å². The molecule has 0 spiro atoms. The quantitative estimate of drug-likeness (QED) is 0.667. The van der Waals surface area contributed by atoms with Gasteiger partial charge in [-0.05, 0) is 29.8 Å². The number of halogens is 1. The number of hydrogen-bond donors (Lipinski definition) is 1. The number of ether oxygens (including phenoxy) is 2. The smallest absolute Gasteiger partial charge is 0.244 e. The molecular formula is C22H19ClN2O3. The van der Waals surface area contributed by atoms with Crippen LogP contribution in [0.5, 0.6) is 11.5 Å². The van der Waals surface area contributed by atoms with Crippen molar-refractivity contribution in [1.82, 2.24) is 10.3 Å². The number of benzene rings is 2. The Kier molecular flexibility index (Phi) is 5.44. The SMILES string of the molecule is O=C(/C=C/c1cccc2cccnc12)NCc1cc(Cl)c2c(c1)OCCCO2. The van der Waals surface area contributed by atoms with Crippen molar-refractivity contribution in [3.63, 3.8) is 0 Å². The highest BCUT2D eigenvalue weighted by molar-refractivity contribution is 6.32. The summed E-state index contributed by atoms with van der Waals surface area (Å²) >= 11 is 6.29. The van der Waals surface area contributed by atoms with Gasteiger partial charge in [0, 0.05) is 36.2 Å². The monoisotopic (exact) mass is 394 g/mol. The second-order valence-electron chi connectivity index (χ2n) is 6.43. The van der Waals surface area contributed by atoms with Crippen LogP contribution < -0.4 is 14.8 Å². The van der Waals surface area contributed by atoms with Crippen molar-refractivity contribution in [1.29, 1.82) is 0 Å². The molecule has 4 rings (SSSR count). The summed E-state index contributed by atoms with van der Waals surface area (Å²) in [5.74, 6) is 0.986. The van der Waals surface area contributed by atoms with Crippen LogP contribution in [0.2, 0.25) is 5.02 Å². The molecule has 3 aromatic rings. The summed E-state index contributed by atoms with van der Waals surface area (Å²) in [5.41, 5.74) is 2.61. The molecule has 0 aliphatic carbocycles. The number of rotatable bonds is 4. The first kappa shape index (κ1) is 18.3. The second-order valence-corrected chi connectivity index (χ2v) is 6.84. The maximum absolute atomic E-state index is 12.2. The zero-order valence-corrected chi connectivity index (χ0v) is 15.9. The van der Waals surface area contributed by atoms with Crippen molar-refractivity contribution in [3.8, 4) is 11.5 Å². The largest absolute Gasteiger partial charge is 0.489 e. The van der Waals surface area contributed by atoms with Crippen LogP contribution in [0.3, 0.4) is 0 Å². The average molecular weight is 395 g/mol. The van der Waals surface area contributed by atoms with Gasteiger partial charge in [0.25, 0.3) is 0 Å². The Morgan fingerprint density at radius 1 is 1.18 bits per heavy atom. The molecular weight excluding hydrogens is 376 g/mol. The molecule has 142 valence electrons. The van der Waals surface area contributed by atoms with Gasteiger partial charge in [0.15, 0.2) is 11.5 Å². The topological polar surface area (TPSA) is 60.5 Å². The molecule has 0 atom stereocenters. The molecule has 0 unspecified atom stereocenters. The lowest BCUT2D eigenvalue weighted by Crippen LogP contribution is -2.20. The van der Waals surface area contributed by atoms with Gasteiger partial charge in [-0.15, -0.1) is 0 Å². The Balaban J connectivity index is 1.44. The lowest BCUT2D eigenvalue weighted by Gasteiger charge is -2.11. The highest BCUT2D eigenvalue weighted by Crippen LogP contribution is 2.37. The molecule has 1 aliphatic rings. The third-order valence-electron chi connectivity index (χ3n) is 4.41. The molecule has 0 radical (unpaired) electrons. The molecule has 0 saturated heterocycles. The van der Waals surface area contributed by atoms with E-state index in [-0.39, 0.29) is 5.91 Å². The first-order valence-corrected chi connectivity index (χ1v) is 9.46. The van der Waals surface area contributed by atoms with E-state index in [9.17, 15) is 4.79 Å². The fourth-order valence-electron chi connectivity index (χ4n) is 3.06. The molecule has 5 nitrogen and oxygen atoms in total. The van der Waals surface area contributed by atoms with E-state index in [1.807, 2.05) is 36.4 Å². The summed E-state index contributed by atoms with van der Waals surface area (Å²) in [5, 5.41) is 4.39. The molecule has 28 heavy (non-hydrogen) atoms. The lowest BCUT2D eigenvalue weighted by atomic mass is 10.1. The number of fused-ring (bicyclic) bond motifs is 2. The summed E-state index contributed by atoms with van der Waals surface area (Å²) in [7, 11) is 0. The molecule has 0 bridgehead atoms. The Morgan fingerprint density at radius 3 is 2.96 bits per heavy atom. The minimum Gasteiger partial charge on any atom is -0.489 e. The van der Waals surface area contributed by atoms with Crippen molar-refractivity contribution in [2.75, 3.05) is 13.2 Å². The van der Waals surface area contributed by atoms with Crippen LogP contribution in [-0.2, 0) is 11.3 Å². The second kappa shape index (κ2) is 8.31. The molecule has 0 saturated carbocycles. The molecule has 2 aromatic carbocycles. The maximum atomic E-state index is 12.2. The maximum Gasteiger partial charge on any atom is 0.244 e. The minimum atomic E-state index is -0.198. The fraction of sp³-hybridized carbons (Fsp3) is 0.182. The average Bonchev–Trinajstić information content (AvgIpc) is 2.96. The Morgan fingerprint density at radius 2 is 2.04 bits per heavy atom. The number of hydrogen-bond acceptors (Lipinski definition) is 4. The number of amides is 1. The Labute approximate surface area is 167 Å². The van der Waals surface area contributed by atoms with E-state index in [1.54, 1.807) is 18.3 Å². The molecule has 1 aromatic heterocycles. The highest BCUT2D eigenvalue weighted by atomic mass is 35.5. The van der Waals surface area contributed by atoms with Crippen LogP contribution in [0, 0.1) is 0 Å². The lowest BCUT2D eigenvalue weighted by molar-refractivity contribution is -0.116. The molecule has 0 fully saturated rings. The van der Waals surface area contributed by atoms with E-state index >= 15 is 0 Å². The van der Waals surface area contributed by atoms with Crippen molar-refractivity contribution in [3.05, 3.63) is 70.9 Å². The van der Waals surface area contributed by atoms with Crippen LogP contribution in [0.25, 0.3) is 17.0 Å². The van der Waals surface area contributed by atoms with E-state index in [0.717, 1.165) is 28.5 Å². The molecule has 1 N–H and O–H groups in total. The van der Waals surface area contributed by atoms with Crippen LogP contribution in [0.15, 0.2) is 54.7 Å². The van der Waals surface area contributed by atoms with Gasteiger partial charge in [0.1, 0.15) is 0 Å². The number of carbonyl (C=O) groups is 1. The number of carbonyl (C=O) groups excluding carboxylic acids is 1. The highest BCUT2D eigenvalue weighted by Gasteiger charge is 2.15. The number of pyridine rings is 1. The van der Waals surface area contributed by atoms with Gasteiger partial charge < -0.3 is 14.8 Å². The fourth-order valence-corrected chi connectivity index (χ4v) is 3.35. The van der Waals surface area contributed by atoms with Gasteiger partial charge in [-0.3, -0.25) is 9.78 Å². The van der Waals surface area contributed by atoms with Gasteiger partial charge in [-0.1, -0.05) is 35.9 Å². The third-order valence-corrected chi connectivity index (χ3v) is 4.69. The van der Waals surface area contributed by atoms with E-state index < -0.39 is 0 Å². The van der Waals surface area contributed by atoms with Crippen LogP contribution in [-0.4, -0.2) is 24.1 Å². The van der Waals surface area contributed by atoms with Gasteiger partial charge in [-0.25, -0.2) is 0 Å². The van der Waals surface area contributed by atoms with E-state index in [0.29, 0.717) is 36.3 Å². The summed E-state index contributed by atoms with van der Waals surface area (Å²) < 4.78 is 11.3. The van der Waals surface area contributed by atoms with E-state index in [1.165, 1.54) is 6.08 Å². The predicted molar refractivity (Wildman–Crippen MR) is 110 cm³/mol. The summed E-state index contributed by atoms with van der Waals surface area (Å²) in [6.07, 6.45) is 5.83. The van der Waals surface area contributed by atoms with Crippen molar-refractivity contribution in [2.24, 2.45) is 0 Å². The zero-order chi connectivity index (χ0) is 19.3. The molecule has 6 heteroatoms. The first-order chi connectivity index (χ1) is 13.7. The Hall–Kier alpha value is -3.05. The Bertz CT molecular complexity index is 1040. The van der Waals surface area contributed by atoms with Crippen LogP contribution in [0.4, 0.5) is 0 Å². The number of nitrogens with zero attached hydrogens (tertiary/aromatic N) is 1. The minimum absolute atomic E-state index is 0.198. The van der Waals surface area contributed by atoms with E-state index in [2.05, 4.69) is 10.3 Å². The zero-order valence-electron chi connectivity index (χ0n) is 15.2. The predicted octanol–water partition coefficient (Wildman–Crippen LogP) is 4.38. The van der Waals surface area contributed by atoms with Gasteiger partial charge in [-0.2, -0.15) is 0 Å². The van der Waals surface area contributed by atoms with Gasteiger partial charge in [0.05, 0.1) is 23.8 Å². The van der Waals surface area contributed by atoms with Gasteiger partial charge >= 0.3 is 0 Å². The van der Waals surface area contributed by atoms with E-state index in [4.69, 9.17) is 21.1 Å². The molecule has 1 aliphatic heterocycles. The van der Waals surface area contributed by atoms with Crippen LogP contribution in [0.1, 0.15) is 17.5 Å². The van der Waals surface area contributed by atoms with Crippen molar-refractivity contribution in [2.45, 2.75) is 13.0 Å². The summed E-state index contributed by atoms with van der Waals surface area (Å²) in [4.78, 5) is 16.6. The number of aromatic nitrogens is 1. The summed E-state index contributed by atoms with van der Waals surface area (Å²) in [6.45, 7) is 1.50. The standard InChI is InChI=1S/C22H19ClN2O3/c23-18-12-15(13-19-22(18)28-11-3-10-27-19)14-25-20(26)8-7-17-5-1-4-16-6-2-9-24-21(16)17/h1-2,4-9,12-13H,3,10-11,14H2,(H,25,26)/b8-7+. The molecule has 1 amide bonds. The third kappa shape index (κ3) is 4.10. The van der Waals surface area contributed by atoms with Crippen LogP contribution >= 0.6 is 11.6 Å². The number of para-hydroxylation sites is 1. The van der Waals surface area contributed by atoms with Gasteiger partial charge in [0.2, 0.25) is 5.91 Å². The summed E-state index contributed by atoms with van der Waals surface area (Å²) in [6, 6.07) is 13.4.